The van der Waals surface area contributed by atoms with Crippen LogP contribution in [0, 0.1) is 24.5 Å². The number of halogens is 2. The van der Waals surface area contributed by atoms with Gasteiger partial charge in [-0.15, -0.1) is 0 Å². The number of aryl methyl sites for hydroxylation is 1. The van der Waals surface area contributed by atoms with E-state index in [4.69, 9.17) is 5.11 Å². The number of carbonyl (C=O) groups is 2. The second kappa shape index (κ2) is 5.67. The number of benzene rings is 1. The fourth-order valence-electron chi connectivity index (χ4n) is 2.49. The van der Waals surface area contributed by atoms with Crippen molar-refractivity contribution in [2.45, 2.75) is 26.3 Å². The lowest BCUT2D eigenvalue weighted by Crippen LogP contribution is -2.40. The molecule has 0 saturated carbocycles. The highest BCUT2D eigenvalue weighted by Crippen LogP contribution is 2.26. The van der Waals surface area contributed by atoms with E-state index in [2.05, 4.69) is 5.32 Å². The number of carboxylic acids is 1. The number of carboxylic acid groups (broad SMARTS) is 1. The van der Waals surface area contributed by atoms with Crippen molar-refractivity contribution in [1.29, 1.82) is 0 Å². The molecule has 0 aliphatic carbocycles. The van der Waals surface area contributed by atoms with E-state index in [0.29, 0.717) is 6.42 Å². The molecule has 0 radical (unpaired) electrons. The Kier molecular flexibility index (Phi) is 4.11. The van der Waals surface area contributed by atoms with Gasteiger partial charge in [0.05, 0.1) is 11.6 Å². The van der Waals surface area contributed by atoms with Crippen LogP contribution in [0.5, 0.6) is 0 Å². The van der Waals surface area contributed by atoms with Gasteiger partial charge >= 0.3 is 12.0 Å². The monoisotopic (exact) mass is 298 g/mol. The SMILES string of the molecule is Cc1cc(F)c(NC(=O)N2CCC(C(=O)O)C2C)cc1F. The summed E-state index contributed by atoms with van der Waals surface area (Å²) in [5, 5.41) is 11.3. The number of anilines is 1. The summed E-state index contributed by atoms with van der Waals surface area (Å²) in [6, 6.07) is 0.783. The van der Waals surface area contributed by atoms with Crippen LogP contribution in [0.25, 0.3) is 0 Å². The highest BCUT2D eigenvalue weighted by atomic mass is 19.1. The fourth-order valence-corrected chi connectivity index (χ4v) is 2.49. The lowest BCUT2D eigenvalue weighted by Gasteiger charge is -2.23. The van der Waals surface area contributed by atoms with Gasteiger partial charge in [0.1, 0.15) is 11.6 Å². The van der Waals surface area contributed by atoms with Crippen LogP contribution in [0.2, 0.25) is 0 Å². The lowest BCUT2D eigenvalue weighted by molar-refractivity contribution is -0.142. The van der Waals surface area contributed by atoms with Gasteiger partial charge in [-0.1, -0.05) is 0 Å². The maximum absolute atomic E-state index is 13.7. The topological polar surface area (TPSA) is 69.6 Å². The second-order valence-electron chi connectivity index (χ2n) is 5.18. The summed E-state index contributed by atoms with van der Waals surface area (Å²) >= 11 is 0. The molecule has 1 aromatic rings. The first-order chi connectivity index (χ1) is 9.81. The molecule has 0 aromatic heterocycles. The summed E-state index contributed by atoms with van der Waals surface area (Å²) in [5.74, 6) is -2.96. The summed E-state index contributed by atoms with van der Waals surface area (Å²) in [6.07, 6.45) is 0.342. The number of aliphatic carboxylic acids is 1. The Morgan fingerprint density at radius 3 is 2.57 bits per heavy atom. The van der Waals surface area contributed by atoms with E-state index in [1.165, 1.54) is 11.8 Å². The number of carbonyl (C=O) groups excluding carboxylic acids is 1. The summed E-state index contributed by atoms with van der Waals surface area (Å²) in [5.41, 5.74) is -0.111. The third-order valence-corrected chi connectivity index (χ3v) is 3.82. The van der Waals surface area contributed by atoms with Crippen molar-refractivity contribution in [2.75, 3.05) is 11.9 Å². The first-order valence-corrected chi connectivity index (χ1v) is 6.57. The van der Waals surface area contributed by atoms with Gasteiger partial charge in [-0.25, -0.2) is 13.6 Å². The van der Waals surface area contributed by atoms with Crippen molar-refractivity contribution in [1.82, 2.24) is 4.90 Å². The quantitative estimate of drug-likeness (QED) is 0.881. The minimum absolute atomic E-state index is 0.144. The third kappa shape index (κ3) is 2.96. The number of nitrogens with zero attached hydrogens (tertiary/aromatic N) is 1. The van der Waals surface area contributed by atoms with Gasteiger partial charge in [-0.2, -0.15) is 0 Å². The molecule has 2 amide bonds. The molecule has 1 aromatic carbocycles. The summed E-state index contributed by atoms with van der Waals surface area (Å²) in [4.78, 5) is 24.4. The van der Waals surface area contributed by atoms with Crippen LogP contribution in [0.3, 0.4) is 0 Å². The average Bonchev–Trinajstić information content (AvgIpc) is 2.78. The number of nitrogens with one attached hydrogen (secondary N) is 1. The minimum Gasteiger partial charge on any atom is -0.481 e. The second-order valence-corrected chi connectivity index (χ2v) is 5.18. The van der Waals surface area contributed by atoms with E-state index in [1.54, 1.807) is 6.92 Å². The van der Waals surface area contributed by atoms with Crippen LogP contribution in [0.15, 0.2) is 12.1 Å². The molecule has 1 aliphatic heterocycles. The van der Waals surface area contributed by atoms with Gasteiger partial charge in [0.2, 0.25) is 0 Å². The van der Waals surface area contributed by atoms with Crippen LogP contribution >= 0.6 is 0 Å². The zero-order chi connectivity index (χ0) is 15.7. The molecule has 2 rings (SSSR count). The van der Waals surface area contributed by atoms with Gasteiger partial charge in [-0.3, -0.25) is 4.79 Å². The molecule has 1 aliphatic rings. The number of hydrogen-bond acceptors (Lipinski definition) is 2. The van der Waals surface area contributed by atoms with E-state index >= 15 is 0 Å². The molecule has 1 fully saturated rings. The van der Waals surface area contributed by atoms with E-state index in [-0.39, 0.29) is 17.8 Å². The fraction of sp³-hybridized carbons (Fsp3) is 0.429. The summed E-state index contributed by atoms with van der Waals surface area (Å²) in [7, 11) is 0. The van der Waals surface area contributed by atoms with Crippen molar-refractivity contribution < 1.29 is 23.5 Å². The smallest absolute Gasteiger partial charge is 0.322 e. The predicted molar refractivity (Wildman–Crippen MR) is 72.0 cm³/mol. The van der Waals surface area contributed by atoms with E-state index in [0.717, 1.165) is 12.1 Å². The van der Waals surface area contributed by atoms with Crippen LogP contribution in [0.1, 0.15) is 18.9 Å². The lowest BCUT2D eigenvalue weighted by atomic mass is 10.0. The zero-order valence-electron chi connectivity index (χ0n) is 11.7. The molecule has 2 unspecified atom stereocenters. The molecular weight excluding hydrogens is 282 g/mol. The number of likely N-dealkylation sites (tertiary alicyclic amines) is 1. The largest absolute Gasteiger partial charge is 0.481 e. The van der Waals surface area contributed by atoms with Gasteiger partial charge in [0.25, 0.3) is 0 Å². The first-order valence-electron chi connectivity index (χ1n) is 6.57. The van der Waals surface area contributed by atoms with Crippen molar-refractivity contribution in [3.63, 3.8) is 0 Å². The Morgan fingerprint density at radius 2 is 2.00 bits per heavy atom. The van der Waals surface area contributed by atoms with Gasteiger partial charge in [-0.05, 0) is 31.9 Å². The Labute approximate surface area is 120 Å². The van der Waals surface area contributed by atoms with Crippen molar-refractivity contribution >= 4 is 17.7 Å². The number of urea groups is 1. The highest BCUT2D eigenvalue weighted by molar-refractivity contribution is 5.90. The highest BCUT2D eigenvalue weighted by Gasteiger charge is 2.38. The van der Waals surface area contributed by atoms with E-state index in [1.807, 2.05) is 0 Å². The van der Waals surface area contributed by atoms with Gasteiger partial charge in [0, 0.05) is 18.7 Å². The summed E-state index contributed by atoms with van der Waals surface area (Å²) < 4.78 is 27.1. The van der Waals surface area contributed by atoms with Crippen molar-refractivity contribution in [3.8, 4) is 0 Å². The molecule has 1 heterocycles. The molecule has 1 saturated heterocycles. The van der Waals surface area contributed by atoms with Gasteiger partial charge < -0.3 is 15.3 Å². The first kappa shape index (κ1) is 15.2. The summed E-state index contributed by atoms with van der Waals surface area (Å²) in [6.45, 7) is 3.31. The maximum Gasteiger partial charge on any atom is 0.322 e. The molecule has 5 nitrogen and oxygen atoms in total. The number of hydrogen-bond donors (Lipinski definition) is 2. The average molecular weight is 298 g/mol. The maximum atomic E-state index is 13.7. The Morgan fingerprint density at radius 1 is 1.33 bits per heavy atom. The van der Waals surface area contributed by atoms with Crippen molar-refractivity contribution in [3.05, 3.63) is 29.3 Å². The minimum atomic E-state index is -0.967. The van der Waals surface area contributed by atoms with Crippen LogP contribution < -0.4 is 5.32 Å². The third-order valence-electron chi connectivity index (χ3n) is 3.82. The Bertz CT molecular complexity index is 592. The van der Waals surface area contributed by atoms with Crippen LogP contribution in [-0.4, -0.2) is 34.6 Å². The molecular formula is C14H16F2N2O3. The Balaban J connectivity index is 2.12. The molecule has 114 valence electrons. The Hall–Kier alpha value is -2.18. The van der Waals surface area contributed by atoms with Crippen LogP contribution in [0.4, 0.5) is 19.3 Å². The van der Waals surface area contributed by atoms with E-state index in [9.17, 15) is 18.4 Å². The molecule has 0 spiro atoms. The molecule has 2 atom stereocenters. The number of amides is 2. The normalized spacial score (nSPS) is 21.4. The predicted octanol–water partition coefficient (Wildman–Crippen LogP) is 2.60. The number of rotatable bonds is 2. The molecule has 2 N–H and O–H groups in total. The standard InChI is InChI=1S/C14H16F2N2O3/c1-7-5-11(16)12(6-10(7)15)17-14(21)18-4-3-9(8(18)2)13(19)20/h5-6,8-9H,3-4H2,1-2H3,(H,17,21)(H,19,20). The van der Waals surface area contributed by atoms with Gasteiger partial charge in [0.15, 0.2) is 0 Å². The van der Waals surface area contributed by atoms with Crippen molar-refractivity contribution in [2.24, 2.45) is 5.92 Å². The van der Waals surface area contributed by atoms with Crippen LogP contribution in [-0.2, 0) is 4.79 Å². The zero-order valence-corrected chi connectivity index (χ0v) is 11.7. The molecule has 21 heavy (non-hydrogen) atoms. The molecule has 0 bridgehead atoms. The molecule has 7 heteroatoms. The van der Waals surface area contributed by atoms with E-state index < -0.39 is 35.6 Å².